The zero-order valence-electron chi connectivity index (χ0n) is 18.2. The number of nitrogens with one attached hydrogen (secondary N) is 2. The van der Waals surface area contributed by atoms with E-state index in [1.165, 1.54) is 11.1 Å². The second-order valence-corrected chi connectivity index (χ2v) is 7.44. The summed E-state index contributed by atoms with van der Waals surface area (Å²) in [6, 6.07) is 16.2. The lowest BCUT2D eigenvalue weighted by Crippen LogP contribution is -2.38. The Bertz CT molecular complexity index is 832. The van der Waals surface area contributed by atoms with Gasteiger partial charge in [0.2, 0.25) is 5.91 Å². The summed E-state index contributed by atoms with van der Waals surface area (Å²) in [6.45, 7) is 6.69. The number of carbonyl (C=O) groups excluding carboxylic acids is 1. The van der Waals surface area contributed by atoms with Gasteiger partial charge in [-0.05, 0) is 56.8 Å². The molecule has 2 N–H and O–H groups in total. The molecule has 156 valence electrons. The molecule has 0 radical (unpaired) electrons. The van der Waals surface area contributed by atoms with Gasteiger partial charge in [-0.2, -0.15) is 0 Å². The third-order valence-electron chi connectivity index (χ3n) is 4.45. The Morgan fingerprint density at radius 1 is 1.07 bits per heavy atom. The van der Waals surface area contributed by atoms with Crippen molar-refractivity contribution in [3.05, 3.63) is 65.2 Å². The zero-order chi connectivity index (χ0) is 21.2. The van der Waals surface area contributed by atoms with Crippen LogP contribution >= 0.6 is 0 Å². The summed E-state index contributed by atoms with van der Waals surface area (Å²) in [5.41, 5.74) is 4.40. The molecule has 0 aliphatic rings. The van der Waals surface area contributed by atoms with Crippen LogP contribution in [0.15, 0.2) is 53.5 Å². The monoisotopic (exact) mass is 395 g/mol. The van der Waals surface area contributed by atoms with Crippen LogP contribution in [0.1, 0.15) is 23.6 Å². The molecule has 6 heteroatoms. The Hall–Kier alpha value is -2.86. The van der Waals surface area contributed by atoms with Gasteiger partial charge < -0.3 is 20.4 Å². The van der Waals surface area contributed by atoms with Crippen molar-refractivity contribution >= 4 is 17.6 Å². The quantitative estimate of drug-likeness (QED) is 0.533. The lowest BCUT2D eigenvalue weighted by Gasteiger charge is -2.23. The van der Waals surface area contributed by atoms with Crippen molar-refractivity contribution in [3.8, 4) is 0 Å². The molecule has 2 aromatic carbocycles. The summed E-state index contributed by atoms with van der Waals surface area (Å²) in [5.74, 6) is 0.833. The minimum Gasteiger partial charge on any atom is -0.357 e. The van der Waals surface area contributed by atoms with Gasteiger partial charge in [0.05, 0.1) is 13.1 Å². The average Bonchev–Trinajstić information content (AvgIpc) is 2.66. The van der Waals surface area contributed by atoms with E-state index >= 15 is 0 Å². The van der Waals surface area contributed by atoms with Crippen molar-refractivity contribution < 1.29 is 4.79 Å². The first kappa shape index (κ1) is 22.4. The minimum atomic E-state index is -0.0260. The molecule has 2 rings (SSSR count). The Morgan fingerprint density at radius 3 is 2.52 bits per heavy atom. The first-order chi connectivity index (χ1) is 13.9. The Balaban J connectivity index is 2.06. The predicted octanol–water partition coefficient (Wildman–Crippen LogP) is 3.09. The fourth-order valence-electron chi connectivity index (χ4n) is 2.99. The van der Waals surface area contributed by atoms with Gasteiger partial charge in [-0.3, -0.25) is 4.79 Å². The molecule has 0 spiro atoms. The molecule has 0 heterocycles. The van der Waals surface area contributed by atoms with E-state index in [0.29, 0.717) is 13.1 Å². The third kappa shape index (κ3) is 7.58. The van der Waals surface area contributed by atoms with Crippen molar-refractivity contribution in [2.45, 2.75) is 26.9 Å². The summed E-state index contributed by atoms with van der Waals surface area (Å²) in [6.07, 6.45) is 0. The number of hydrogen-bond donors (Lipinski definition) is 2. The highest BCUT2D eigenvalue weighted by atomic mass is 16.2. The van der Waals surface area contributed by atoms with Crippen LogP contribution in [-0.4, -0.2) is 55.9 Å². The van der Waals surface area contributed by atoms with Crippen LogP contribution in [0.2, 0.25) is 0 Å². The molecule has 0 aliphatic carbocycles. The summed E-state index contributed by atoms with van der Waals surface area (Å²) in [4.78, 5) is 20.7. The van der Waals surface area contributed by atoms with E-state index in [2.05, 4.69) is 53.6 Å². The molecule has 0 fully saturated rings. The van der Waals surface area contributed by atoms with E-state index in [0.717, 1.165) is 30.3 Å². The van der Waals surface area contributed by atoms with Crippen LogP contribution < -0.4 is 10.6 Å². The highest BCUT2D eigenvalue weighted by Crippen LogP contribution is 2.13. The van der Waals surface area contributed by atoms with Crippen molar-refractivity contribution in [2.24, 2.45) is 4.99 Å². The van der Waals surface area contributed by atoms with E-state index in [-0.39, 0.29) is 5.91 Å². The SMILES string of the molecule is CCNC(=NCc1cccc(NC(=O)CN(C)C)c1)N(C)Cc1ccccc1C. The Morgan fingerprint density at radius 2 is 1.83 bits per heavy atom. The van der Waals surface area contributed by atoms with Gasteiger partial charge in [-0.1, -0.05) is 36.4 Å². The second kappa shape index (κ2) is 11.2. The van der Waals surface area contributed by atoms with E-state index < -0.39 is 0 Å². The standard InChI is InChI=1S/C23H33N5O/c1-6-24-23(28(5)16-20-12-8-7-10-18(20)2)25-15-19-11-9-13-21(14-19)26-22(29)17-27(3)4/h7-14H,6,15-17H2,1-5H3,(H,24,25)(H,26,29). The highest BCUT2D eigenvalue weighted by Gasteiger charge is 2.08. The molecule has 0 bridgehead atoms. The maximum Gasteiger partial charge on any atom is 0.238 e. The van der Waals surface area contributed by atoms with Gasteiger partial charge in [0.1, 0.15) is 0 Å². The summed E-state index contributed by atoms with van der Waals surface area (Å²) >= 11 is 0. The molecular formula is C23H33N5O. The number of carbonyl (C=O) groups is 1. The summed E-state index contributed by atoms with van der Waals surface area (Å²) < 4.78 is 0. The van der Waals surface area contributed by atoms with Crippen LogP contribution in [-0.2, 0) is 17.9 Å². The number of guanidine groups is 1. The molecule has 1 amide bonds. The first-order valence-corrected chi connectivity index (χ1v) is 9.96. The fourth-order valence-corrected chi connectivity index (χ4v) is 2.99. The minimum absolute atomic E-state index is 0.0260. The number of nitrogens with zero attached hydrogens (tertiary/aromatic N) is 3. The fraction of sp³-hybridized carbons (Fsp3) is 0.391. The van der Waals surface area contributed by atoms with Crippen LogP contribution in [0.4, 0.5) is 5.69 Å². The Kier molecular flexibility index (Phi) is 8.68. The number of hydrogen-bond acceptors (Lipinski definition) is 3. The van der Waals surface area contributed by atoms with E-state index in [4.69, 9.17) is 4.99 Å². The number of aliphatic imine (C=N–C) groups is 1. The Labute approximate surface area is 174 Å². The van der Waals surface area contributed by atoms with Gasteiger partial charge in [0.25, 0.3) is 0 Å². The first-order valence-electron chi connectivity index (χ1n) is 9.96. The zero-order valence-corrected chi connectivity index (χ0v) is 18.2. The van der Waals surface area contributed by atoms with Gasteiger partial charge in [-0.15, -0.1) is 0 Å². The molecular weight excluding hydrogens is 362 g/mol. The van der Waals surface area contributed by atoms with Crippen LogP contribution in [0, 0.1) is 6.92 Å². The van der Waals surface area contributed by atoms with Crippen molar-refractivity contribution in [1.82, 2.24) is 15.1 Å². The number of aryl methyl sites for hydroxylation is 1. The largest absolute Gasteiger partial charge is 0.357 e. The van der Waals surface area contributed by atoms with Gasteiger partial charge in [0.15, 0.2) is 5.96 Å². The molecule has 6 nitrogen and oxygen atoms in total. The number of amides is 1. The molecule has 0 unspecified atom stereocenters. The molecule has 0 saturated heterocycles. The maximum atomic E-state index is 12.0. The van der Waals surface area contributed by atoms with E-state index in [1.54, 1.807) is 0 Å². The number of rotatable bonds is 8. The molecule has 0 atom stereocenters. The van der Waals surface area contributed by atoms with Crippen LogP contribution in [0.3, 0.4) is 0 Å². The summed E-state index contributed by atoms with van der Waals surface area (Å²) in [5, 5.41) is 6.29. The summed E-state index contributed by atoms with van der Waals surface area (Å²) in [7, 11) is 5.80. The van der Waals surface area contributed by atoms with Gasteiger partial charge >= 0.3 is 0 Å². The molecule has 2 aromatic rings. The van der Waals surface area contributed by atoms with Crippen molar-refractivity contribution in [3.63, 3.8) is 0 Å². The topological polar surface area (TPSA) is 60.0 Å². The molecule has 0 aliphatic heterocycles. The maximum absolute atomic E-state index is 12.0. The van der Waals surface area contributed by atoms with Crippen LogP contribution in [0.5, 0.6) is 0 Å². The van der Waals surface area contributed by atoms with E-state index in [9.17, 15) is 4.79 Å². The molecule has 0 saturated carbocycles. The second-order valence-electron chi connectivity index (χ2n) is 7.44. The molecule has 0 aromatic heterocycles. The van der Waals surface area contributed by atoms with Gasteiger partial charge in [-0.25, -0.2) is 4.99 Å². The number of anilines is 1. The highest BCUT2D eigenvalue weighted by molar-refractivity contribution is 5.92. The smallest absolute Gasteiger partial charge is 0.238 e. The average molecular weight is 396 g/mol. The number of benzene rings is 2. The predicted molar refractivity (Wildman–Crippen MR) is 121 cm³/mol. The lowest BCUT2D eigenvalue weighted by molar-refractivity contribution is -0.116. The van der Waals surface area contributed by atoms with Crippen LogP contribution in [0.25, 0.3) is 0 Å². The normalized spacial score (nSPS) is 11.4. The third-order valence-corrected chi connectivity index (χ3v) is 4.45. The van der Waals surface area contributed by atoms with Crippen molar-refractivity contribution in [2.75, 3.05) is 39.5 Å². The van der Waals surface area contributed by atoms with E-state index in [1.807, 2.05) is 50.3 Å². The number of likely N-dealkylation sites (N-methyl/N-ethyl adjacent to an activating group) is 1. The van der Waals surface area contributed by atoms with Gasteiger partial charge in [0, 0.05) is 25.8 Å². The molecule has 29 heavy (non-hydrogen) atoms. The van der Waals surface area contributed by atoms with Crippen molar-refractivity contribution in [1.29, 1.82) is 0 Å². The lowest BCUT2D eigenvalue weighted by atomic mass is 10.1.